The lowest BCUT2D eigenvalue weighted by Crippen LogP contribution is -2.11. The van der Waals surface area contributed by atoms with Crippen LogP contribution in [0.4, 0.5) is 0 Å². The molecule has 0 bridgehead atoms. The zero-order valence-corrected chi connectivity index (χ0v) is 16.4. The molecule has 8 heteroatoms. The molecule has 1 aromatic heterocycles. The van der Waals surface area contributed by atoms with Crippen LogP contribution in [-0.2, 0) is 16.4 Å². The van der Waals surface area contributed by atoms with E-state index < -0.39 is 9.84 Å². The number of ether oxygens (including phenoxy) is 1. The van der Waals surface area contributed by atoms with E-state index in [2.05, 4.69) is 16.8 Å². The van der Waals surface area contributed by atoms with Crippen LogP contribution in [0.5, 0.6) is 5.75 Å². The number of thioether (sulfide) groups is 1. The predicted octanol–water partition coefficient (Wildman–Crippen LogP) is 2.85. The van der Waals surface area contributed by atoms with Gasteiger partial charge in [0.2, 0.25) is 0 Å². The second kappa shape index (κ2) is 8.26. The second-order valence-electron chi connectivity index (χ2n) is 6.35. The van der Waals surface area contributed by atoms with Crippen LogP contribution in [-0.4, -0.2) is 47.0 Å². The SMILES string of the molecule is C=CCn1c(SCCOc2ccc(C)cc2)nnc1[C@H]1CCS(=O)(=O)C1. The van der Waals surface area contributed by atoms with Gasteiger partial charge in [-0.25, -0.2) is 8.42 Å². The van der Waals surface area contributed by atoms with E-state index in [-0.39, 0.29) is 17.4 Å². The molecule has 1 fully saturated rings. The minimum atomic E-state index is -2.95. The number of benzene rings is 1. The van der Waals surface area contributed by atoms with E-state index in [0.717, 1.165) is 22.5 Å². The Balaban J connectivity index is 1.60. The molecule has 6 nitrogen and oxygen atoms in total. The molecule has 0 saturated carbocycles. The average molecular weight is 394 g/mol. The van der Waals surface area contributed by atoms with Crippen LogP contribution < -0.4 is 4.74 Å². The number of rotatable bonds is 8. The zero-order valence-electron chi connectivity index (χ0n) is 14.8. The van der Waals surface area contributed by atoms with Gasteiger partial charge in [0.05, 0.1) is 18.1 Å². The summed E-state index contributed by atoms with van der Waals surface area (Å²) in [5, 5.41) is 9.30. The lowest BCUT2D eigenvalue weighted by atomic mass is 10.1. The van der Waals surface area contributed by atoms with Gasteiger partial charge in [-0.1, -0.05) is 35.5 Å². The van der Waals surface area contributed by atoms with Gasteiger partial charge < -0.3 is 9.30 Å². The van der Waals surface area contributed by atoms with E-state index in [1.807, 2.05) is 35.8 Å². The van der Waals surface area contributed by atoms with Gasteiger partial charge in [-0.3, -0.25) is 0 Å². The number of aromatic nitrogens is 3. The van der Waals surface area contributed by atoms with E-state index in [1.54, 1.807) is 17.8 Å². The Bertz CT molecular complexity index is 860. The first kappa shape index (κ1) is 19.0. The first-order valence-corrected chi connectivity index (χ1v) is 11.4. The Morgan fingerprint density at radius 1 is 1.35 bits per heavy atom. The normalized spacial score (nSPS) is 18.7. The Morgan fingerprint density at radius 3 is 2.77 bits per heavy atom. The van der Waals surface area contributed by atoms with Crippen LogP contribution in [0.15, 0.2) is 42.1 Å². The molecule has 1 saturated heterocycles. The third kappa shape index (κ3) is 4.67. The molecule has 0 radical (unpaired) electrons. The summed E-state index contributed by atoms with van der Waals surface area (Å²) >= 11 is 1.56. The Labute approximate surface area is 158 Å². The monoisotopic (exact) mass is 393 g/mol. The van der Waals surface area contributed by atoms with Crippen molar-refractivity contribution in [3.05, 3.63) is 48.3 Å². The third-order valence-corrected chi connectivity index (χ3v) is 6.96. The van der Waals surface area contributed by atoms with Crippen LogP contribution in [0, 0.1) is 6.92 Å². The molecule has 26 heavy (non-hydrogen) atoms. The molecule has 2 heterocycles. The number of allylic oxidation sites excluding steroid dienone is 1. The number of hydrogen-bond acceptors (Lipinski definition) is 6. The van der Waals surface area contributed by atoms with Gasteiger partial charge in [0.15, 0.2) is 15.0 Å². The molecule has 2 aromatic rings. The molecule has 0 unspecified atom stereocenters. The fourth-order valence-electron chi connectivity index (χ4n) is 2.94. The van der Waals surface area contributed by atoms with Crippen molar-refractivity contribution in [1.82, 2.24) is 14.8 Å². The maximum Gasteiger partial charge on any atom is 0.191 e. The molecular weight excluding hydrogens is 370 g/mol. The highest BCUT2D eigenvalue weighted by Crippen LogP contribution is 2.30. The maximum atomic E-state index is 11.8. The minimum Gasteiger partial charge on any atom is -0.493 e. The molecule has 140 valence electrons. The smallest absolute Gasteiger partial charge is 0.191 e. The van der Waals surface area contributed by atoms with Crippen LogP contribution in [0.2, 0.25) is 0 Å². The Hall–Kier alpha value is -1.80. The summed E-state index contributed by atoms with van der Waals surface area (Å²) in [7, 11) is -2.95. The maximum absolute atomic E-state index is 11.8. The van der Waals surface area contributed by atoms with E-state index in [4.69, 9.17) is 4.74 Å². The fourth-order valence-corrected chi connectivity index (χ4v) is 5.45. The standard InChI is InChI=1S/C18H23N3O3S2/c1-3-9-21-17(15-8-12-26(22,23)13-15)19-20-18(21)25-11-10-24-16-6-4-14(2)5-7-16/h3-7,15H,1,8-13H2,2H3/t15-/m0/s1. The van der Waals surface area contributed by atoms with Crippen LogP contribution in [0.1, 0.15) is 23.7 Å². The molecule has 1 aliphatic heterocycles. The van der Waals surface area contributed by atoms with Gasteiger partial charge in [0.1, 0.15) is 11.6 Å². The third-order valence-electron chi connectivity index (χ3n) is 4.26. The Kier molecular flexibility index (Phi) is 6.03. The number of hydrogen-bond donors (Lipinski definition) is 0. The van der Waals surface area contributed by atoms with E-state index in [1.165, 1.54) is 5.56 Å². The van der Waals surface area contributed by atoms with E-state index >= 15 is 0 Å². The molecule has 1 aliphatic rings. The van der Waals surface area contributed by atoms with Crippen LogP contribution in [0.3, 0.4) is 0 Å². The number of aryl methyl sites for hydroxylation is 1. The van der Waals surface area contributed by atoms with Crippen LogP contribution in [0.25, 0.3) is 0 Å². The summed E-state index contributed by atoms with van der Waals surface area (Å²) < 4.78 is 31.2. The first-order chi connectivity index (χ1) is 12.5. The van der Waals surface area contributed by atoms with E-state index in [9.17, 15) is 8.42 Å². The van der Waals surface area contributed by atoms with Crippen molar-refractivity contribution < 1.29 is 13.2 Å². The van der Waals surface area contributed by atoms with Gasteiger partial charge in [-0.2, -0.15) is 0 Å². The summed E-state index contributed by atoms with van der Waals surface area (Å²) in [5.41, 5.74) is 1.20. The van der Waals surface area contributed by atoms with Crippen molar-refractivity contribution in [2.45, 2.75) is 31.0 Å². The lowest BCUT2D eigenvalue weighted by Gasteiger charge is -2.11. The molecule has 1 aromatic carbocycles. The van der Waals surface area contributed by atoms with Crippen LogP contribution >= 0.6 is 11.8 Å². The average Bonchev–Trinajstić information content (AvgIpc) is 3.17. The van der Waals surface area contributed by atoms with Crippen molar-refractivity contribution in [3.63, 3.8) is 0 Å². The van der Waals surface area contributed by atoms with Gasteiger partial charge in [-0.15, -0.1) is 16.8 Å². The summed E-state index contributed by atoms with van der Waals surface area (Å²) in [5.74, 6) is 2.63. The molecule has 0 amide bonds. The van der Waals surface area contributed by atoms with Gasteiger partial charge in [0, 0.05) is 18.2 Å². The summed E-state index contributed by atoms with van der Waals surface area (Å²) in [6.45, 7) is 6.96. The highest BCUT2D eigenvalue weighted by molar-refractivity contribution is 7.99. The van der Waals surface area contributed by atoms with Crippen molar-refractivity contribution in [2.24, 2.45) is 0 Å². The lowest BCUT2D eigenvalue weighted by molar-refractivity contribution is 0.343. The summed E-state index contributed by atoms with van der Waals surface area (Å²) in [4.78, 5) is 0. The quantitative estimate of drug-likeness (QED) is 0.390. The van der Waals surface area contributed by atoms with Crippen molar-refractivity contribution in [3.8, 4) is 5.75 Å². The molecular formula is C18H23N3O3S2. The molecule has 0 N–H and O–H groups in total. The topological polar surface area (TPSA) is 74.1 Å². The molecule has 1 atom stereocenters. The summed E-state index contributed by atoms with van der Waals surface area (Å²) in [6, 6.07) is 7.95. The van der Waals surface area contributed by atoms with Gasteiger partial charge in [-0.05, 0) is 25.5 Å². The largest absolute Gasteiger partial charge is 0.493 e. The second-order valence-corrected chi connectivity index (χ2v) is 9.64. The van der Waals surface area contributed by atoms with E-state index in [0.29, 0.717) is 19.6 Å². The van der Waals surface area contributed by atoms with Crippen molar-refractivity contribution in [2.75, 3.05) is 23.9 Å². The Morgan fingerprint density at radius 2 is 2.12 bits per heavy atom. The summed E-state index contributed by atoms with van der Waals surface area (Å²) in [6.07, 6.45) is 2.39. The highest BCUT2D eigenvalue weighted by atomic mass is 32.2. The van der Waals surface area contributed by atoms with Gasteiger partial charge in [0.25, 0.3) is 0 Å². The van der Waals surface area contributed by atoms with Gasteiger partial charge >= 0.3 is 0 Å². The number of sulfone groups is 1. The zero-order chi connectivity index (χ0) is 18.6. The van der Waals surface area contributed by atoms with Crippen molar-refractivity contribution >= 4 is 21.6 Å². The number of nitrogens with zero attached hydrogens (tertiary/aromatic N) is 3. The predicted molar refractivity (Wildman–Crippen MR) is 104 cm³/mol. The van der Waals surface area contributed by atoms with Crippen molar-refractivity contribution in [1.29, 1.82) is 0 Å². The minimum absolute atomic E-state index is 0.0781. The highest BCUT2D eigenvalue weighted by Gasteiger charge is 2.33. The molecule has 3 rings (SSSR count). The molecule has 0 aliphatic carbocycles. The first-order valence-electron chi connectivity index (χ1n) is 8.55. The fraction of sp³-hybridized carbons (Fsp3) is 0.444. The molecule has 0 spiro atoms.